The Hall–Kier alpha value is -5.02. The fourth-order valence-corrected chi connectivity index (χ4v) is 5.98. The van der Waals surface area contributed by atoms with E-state index in [-0.39, 0.29) is 11.6 Å². The third-order valence-corrected chi connectivity index (χ3v) is 8.89. The van der Waals surface area contributed by atoms with Crippen LogP contribution in [0.5, 0.6) is 5.75 Å². The van der Waals surface area contributed by atoms with Crippen LogP contribution >= 0.6 is 35.0 Å². The molecule has 0 spiro atoms. The van der Waals surface area contributed by atoms with Gasteiger partial charge in [-0.2, -0.15) is 0 Å². The minimum Gasteiger partial charge on any atom is -0.494 e. The molecule has 1 atom stereocenters. The van der Waals surface area contributed by atoms with Gasteiger partial charge < -0.3 is 20.7 Å². The third-order valence-electron chi connectivity index (χ3n) is 6.90. The van der Waals surface area contributed by atoms with E-state index in [1.54, 1.807) is 91.0 Å². The van der Waals surface area contributed by atoms with E-state index in [2.05, 4.69) is 16.0 Å². The highest BCUT2D eigenvalue weighted by Gasteiger charge is 2.23. The molecular formula is C38H31Cl2N3O4S. The Balaban J connectivity index is 1.37. The minimum absolute atomic E-state index is 0.0502. The van der Waals surface area contributed by atoms with Gasteiger partial charge in [0.05, 0.1) is 16.7 Å². The maximum Gasteiger partial charge on any atom is 0.272 e. The molecule has 242 valence electrons. The average molecular weight is 697 g/mol. The Labute approximate surface area is 293 Å². The van der Waals surface area contributed by atoms with Crippen LogP contribution in [0, 0.1) is 0 Å². The summed E-state index contributed by atoms with van der Waals surface area (Å²) in [5, 5.41) is 8.67. The van der Waals surface area contributed by atoms with Crippen molar-refractivity contribution in [2.45, 2.75) is 17.1 Å². The number of thioether (sulfide) groups is 1. The first-order valence-electron chi connectivity index (χ1n) is 15.0. The predicted molar refractivity (Wildman–Crippen MR) is 195 cm³/mol. The summed E-state index contributed by atoms with van der Waals surface area (Å²) in [5.74, 6) is -0.510. The number of carbonyl (C=O) groups is 3. The van der Waals surface area contributed by atoms with Crippen molar-refractivity contribution in [3.05, 3.63) is 160 Å². The zero-order chi connectivity index (χ0) is 33.9. The second kappa shape index (κ2) is 16.7. The van der Waals surface area contributed by atoms with Gasteiger partial charge in [-0.3, -0.25) is 14.4 Å². The van der Waals surface area contributed by atoms with Crippen LogP contribution in [0.1, 0.15) is 33.7 Å². The van der Waals surface area contributed by atoms with Gasteiger partial charge >= 0.3 is 0 Å². The SMILES string of the molecule is CCOc1ccc(/C=C(/NC(=O)c2ccccc2)C(=O)Nc2cccc(SC(C(=O)Nc3ccc(Cl)c(Cl)c3)c3ccccc3)c2)cc1. The molecule has 3 amide bonds. The van der Waals surface area contributed by atoms with Gasteiger partial charge in [0.25, 0.3) is 11.8 Å². The number of benzene rings is 5. The first-order chi connectivity index (χ1) is 23.3. The predicted octanol–water partition coefficient (Wildman–Crippen LogP) is 9.27. The lowest BCUT2D eigenvalue weighted by molar-refractivity contribution is -0.116. The van der Waals surface area contributed by atoms with Gasteiger partial charge in [-0.05, 0) is 84.8 Å². The molecule has 5 aromatic rings. The average Bonchev–Trinajstić information content (AvgIpc) is 3.10. The van der Waals surface area contributed by atoms with Gasteiger partial charge in [0.2, 0.25) is 5.91 Å². The van der Waals surface area contributed by atoms with Crippen molar-refractivity contribution < 1.29 is 19.1 Å². The molecule has 0 aromatic heterocycles. The molecule has 0 saturated carbocycles. The number of rotatable bonds is 12. The molecule has 10 heteroatoms. The van der Waals surface area contributed by atoms with E-state index in [4.69, 9.17) is 27.9 Å². The topological polar surface area (TPSA) is 96.5 Å². The van der Waals surface area contributed by atoms with Crippen LogP contribution in [0.2, 0.25) is 10.0 Å². The van der Waals surface area contributed by atoms with Gasteiger partial charge in [-0.25, -0.2) is 0 Å². The van der Waals surface area contributed by atoms with Crippen LogP contribution < -0.4 is 20.7 Å². The van der Waals surface area contributed by atoms with Crippen molar-refractivity contribution in [1.82, 2.24) is 5.32 Å². The standard InChI is InChI=1S/C38H31Cl2N3O4S/c1-2-47-30-19-16-25(17-20-30)22-34(43-36(44)27-12-7-4-8-13-27)37(45)41-28-14-9-15-31(23-28)48-35(26-10-5-3-6-11-26)38(46)42-29-18-21-32(39)33(40)24-29/h3-24,35H,2H2,1H3,(H,41,45)(H,42,46)(H,43,44)/b34-22+. The zero-order valence-electron chi connectivity index (χ0n) is 25.8. The summed E-state index contributed by atoms with van der Waals surface area (Å²) in [5.41, 5.74) is 2.94. The van der Waals surface area contributed by atoms with Gasteiger partial charge in [-0.15, -0.1) is 11.8 Å². The second-order valence-corrected chi connectivity index (χ2v) is 12.4. The molecule has 0 aliphatic heterocycles. The molecule has 0 aliphatic carbocycles. The summed E-state index contributed by atoms with van der Waals surface area (Å²) < 4.78 is 5.53. The molecule has 48 heavy (non-hydrogen) atoms. The monoisotopic (exact) mass is 695 g/mol. The summed E-state index contributed by atoms with van der Waals surface area (Å²) in [6.07, 6.45) is 1.60. The Morgan fingerprint density at radius 1 is 0.750 bits per heavy atom. The van der Waals surface area contributed by atoms with E-state index in [1.807, 2.05) is 49.4 Å². The summed E-state index contributed by atoms with van der Waals surface area (Å²) in [7, 11) is 0. The Morgan fingerprint density at radius 2 is 1.44 bits per heavy atom. The van der Waals surface area contributed by atoms with E-state index in [0.29, 0.717) is 44.9 Å². The number of ether oxygens (including phenoxy) is 1. The van der Waals surface area contributed by atoms with Crippen LogP contribution in [-0.4, -0.2) is 24.3 Å². The number of carbonyl (C=O) groups excluding carboxylic acids is 3. The van der Waals surface area contributed by atoms with Crippen LogP contribution in [0.25, 0.3) is 6.08 Å². The molecule has 7 nitrogen and oxygen atoms in total. The molecule has 5 aromatic carbocycles. The summed E-state index contributed by atoms with van der Waals surface area (Å²) in [6.45, 7) is 2.43. The van der Waals surface area contributed by atoms with Crippen molar-refractivity contribution in [3.8, 4) is 5.75 Å². The van der Waals surface area contributed by atoms with Crippen LogP contribution in [0.3, 0.4) is 0 Å². The van der Waals surface area contributed by atoms with E-state index in [0.717, 1.165) is 10.5 Å². The van der Waals surface area contributed by atoms with Crippen LogP contribution in [0.4, 0.5) is 11.4 Å². The van der Waals surface area contributed by atoms with Crippen molar-refractivity contribution in [2.24, 2.45) is 0 Å². The molecule has 5 rings (SSSR count). The maximum atomic E-state index is 13.7. The van der Waals surface area contributed by atoms with E-state index in [9.17, 15) is 14.4 Å². The molecular weight excluding hydrogens is 665 g/mol. The number of halogens is 2. The maximum absolute atomic E-state index is 13.7. The summed E-state index contributed by atoms with van der Waals surface area (Å²) in [6, 6.07) is 37.3. The fraction of sp³-hybridized carbons (Fsp3) is 0.0789. The first-order valence-corrected chi connectivity index (χ1v) is 16.6. The zero-order valence-corrected chi connectivity index (χ0v) is 28.1. The lowest BCUT2D eigenvalue weighted by atomic mass is 10.1. The molecule has 0 aliphatic rings. The second-order valence-electron chi connectivity index (χ2n) is 10.4. The quantitative estimate of drug-likeness (QED) is 0.0893. The molecule has 1 unspecified atom stereocenters. The van der Waals surface area contributed by atoms with Crippen LogP contribution in [-0.2, 0) is 9.59 Å². The lowest BCUT2D eigenvalue weighted by Crippen LogP contribution is -2.30. The minimum atomic E-state index is -0.633. The van der Waals surface area contributed by atoms with E-state index in [1.165, 1.54) is 11.8 Å². The summed E-state index contributed by atoms with van der Waals surface area (Å²) >= 11 is 13.6. The number of amides is 3. The largest absolute Gasteiger partial charge is 0.494 e. The van der Waals surface area contributed by atoms with Crippen molar-refractivity contribution in [3.63, 3.8) is 0 Å². The van der Waals surface area contributed by atoms with E-state index < -0.39 is 17.1 Å². The molecule has 3 N–H and O–H groups in total. The number of anilines is 2. The number of hydrogen-bond acceptors (Lipinski definition) is 5. The Bertz CT molecular complexity index is 1920. The molecule has 0 saturated heterocycles. The number of hydrogen-bond donors (Lipinski definition) is 3. The lowest BCUT2D eigenvalue weighted by Gasteiger charge is -2.18. The third kappa shape index (κ3) is 9.51. The smallest absolute Gasteiger partial charge is 0.272 e. The van der Waals surface area contributed by atoms with Crippen molar-refractivity contribution in [2.75, 3.05) is 17.2 Å². The normalized spacial score (nSPS) is 11.7. The fourth-order valence-electron chi connectivity index (χ4n) is 4.60. The van der Waals surface area contributed by atoms with Gasteiger partial charge in [-0.1, -0.05) is 89.9 Å². The molecule has 0 bridgehead atoms. The molecule has 0 radical (unpaired) electrons. The van der Waals surface area contributed by atoms with Gasteiger partial charge in [0.15, 0.2) is 0 Å². The molecule has 0 fully saturated rings. The molecule has 0 heterocycles. The Kier molecular flexibility index (Phi) is 11.9. The highest BCUT2D eigenvalue weighted by Crippen LogP contribution is 2.37. The van der Waals surface area contributed by atoms with Crippen LogP contribution in [0.15, 0.2) is 138 Å². The Morgan fingerprint density at radius 3 is 2.12 bits per heavy atom. The number of nitrogens with one attached hydrogen (secondary N) is 3. The highest BCUT2D eigenvalue weighted by atomic mass is 35.5. The first kappa shape index (κ1) is 34.3. The summed E-state index contributed by atoms with van der Waals surface area (Å²) in [4.78, 5) is 41.1. The van der Waals surface area contributed by atoms with Gasteiger partial charge in [0.1, 0.15) is 16.7 Å². The van der Waals surface area contributed by atoms with E-state index >= 15 is 0 Å². The highest BCUT2D eigenvalue weighted by molar-refractivity contribution is 8.00. The van der Waals surface area contributed by atoms with Crippen molar-refractivity contribution >= 4 is 70.1 Å². The van der Waals surface area contributed by atoms with Gasteiger partial charge in [0, 0.05) is 21.8 Å². The van der Waals surface area contributed by atoms with Crippen molar-refractivity contribution in [1.29, 1.82) is 0 Å².